The Kier molecular flexibility index (Phi) is 3.54. The number of benzene rings is 2. The minimum absolute atomic E-state index is 0.0135. The van der Waals surface area contributed by atoms with Gasteiger partial charge >= 0.3 is 5.63 Å². The topological polar surface area (TPSA) is 72.2 Å². The van der Waals surface area contributed by atoms with Gasteiger partial charge in [-0.3, -0.25) is 9.78 Å². The van der Waals surface area contributed by atoms with Crippen LogP contribution in [0.15, 0.2) is 70.0 Å². The van der Waals surface area contributed by atoms with Crippen LogP contribution in [0.2, 0.25) is 0 Å². The summed E-state index contributed by atoms with van der Waals surface area (Å²) in [7, 11) is 0. The van der Waals surface area contributed by atoms with Gasteiger partial charge in [-0.25, -0.2) is 4.79 Å². The van der Waals surface area contributed by atoms with Gasteiger partial charge in [0.15, 0.2) is 0 Å². The van der Waals surface area contributed by atoms with Crippen molar-refractivity contribution in [3.8, 4) is 0 Å². The fourth-order valence-electron chi connectivity index (χ4n) is 2.96. The van der Waals surface area contributed by atoms with Crippen LogP contribution in [-0.2, 0) is 0 Å². The second-order valence-electron chi connectivity index (χ2n) is 5.72. The number of para-hydroxylation sites is 1. The summed E-state index contributed by atoms with van der Waals surface area (Å²) >= 11 is 0. The Hall–Kier alpha value is -3.47. The Bertz CT molecular complexity index is 1170. The molecule has 0 saturated heterocycles. The highest BCUT2D eigenvalue weighted by Gasteiger charge is 2.19. The van der Waals surface area contributed by atoms with Gasteiger partial charge in [0.05, 0.1) is 11.2 Å². The molecular formula is C20H14N2O3. The number of pyridine rings is 1. The number of anilines is 1. The molecule has 0 aliphatic heterocycles. The van der Waals surface area contributed by atoms with E-state index in [1.54, 1.807) is 43.5 Å². The lowest BCUT2D eigenvalue weighted by molar-refractivity contribution is 0.102. The van der Waals surface area contributed by atoms with Crippen LogP contribution in [0.1, 0.15) is 15.9 Å². The molecule has 0 radical (unpaired) electrons. The zero-order valence-electron chi connectivity index (χ0n) is 13.4. The average molecular weight is 330 g/mol. The van der Waals surface area contributed by atoms with Crippen molar-refractivity contribution in [3.05, 3.63) is 82.3 Å². The third-order valence-electron chi connectivity index (χ3n) is 4.19. The third kappa shape index (κ3) is 2.55. The molecule has 0 atom stereocenters. The van der Waals surface area contributed by atoms with Gasteiger partial charge in [-0.05, 0) is 42.8 Å². The van der Waals surface area contributed by atoms with E-state index in [0.717, 1.165) is 16.3 Å². The van der Waals surface area contributed by atoms with Gasteiger partial charge in [-0.2, -0.15) is 0 Å². The molecule has 0 saturated carbocycles. The molecule has 0 unspecified atom stereocenters. The number of aryl methyl sites for hydroxylation is 1. The number of hydrogen-bond acceptors (Lipinski definition) is 4. The molecule has 4 aromatic rings. The molecule has 25 heavy (non-hydrogen) atoms. The average Bonchev–Trinajstić information content (AvgIpc) is 2.62. The minimum atomic E-state index is -0.646. The van der Waals surface area contributed by atoms with E-state index in [0.29, 0.717) is 16.8 Å². The summed E-state index contributed by atoms with van der Waals surface area (Å²) < 4.78 is 5.29. The summed E-state index contributed by atoms with van der Waals surface area (Å²) in [5.74, 6) is -0.492. The number of aromatic nitrogens is 1. The molecule has 2 aromatic carbocycles. The number of rotatable bonds is 2. The molecule has 1 N–H and O–H groups in total. The number of carbonyl (C=O) groups is 1. The number of carbonyl (C=O) groups excluding carboxylic acids is 1. The molecule has 5 heteroatoms. The largest absolute Gasteiger partial charge is 0.422 e. The first-order valence-corrected chi connectivity index (χ1v) is 7.83. The fourth-order valence-corrected chi connectivity index (χ4v) is 2.96. The smallest absolute Gasteiger partial charge is 0.349 e. The van der Waals surface area contributed by atoms with Crippen molar-refractivity contribution < 1.29 is 9.21 Å². The van der Waals surface area contributed by atoms with Crippen LogP contribution in [-0.4, -0.2) is 10.9 Å². The van der Waals surface area contributed by atoms with E-state index in [2.05, 4.69) is 10.3 Å². The Balaban J connectivity index is 1.81. The summed E-state index contributed by atoms with van der Waals surface area (Å²) in [6, 6.07) is 16.3. The van der Waals surface area contributed by atoms with E-state index in [9.17, 15) is 9.59 Å². The molecule has 2 heterocycles. The molecule has 0 aliphatic rings. The summed E-state index contributed by atoms with van der Waals surface area (Å²) in [6.07, 6.45) is 1.69. The molecule has 0 aliphatic carbocycles. The Morgan fingerprint density at radius 3 is 2.68 bits per heavy atom. The predicted octanol–water partition coefficient (Wildman–Crippen LogP) is 3.90. The van der Waals surface area contributed by atoms with Gasteiger partial charge in [-0.1, -0.05) is 24.3 Å². The molecule has 1 amide bonds. The molecule has 5 nitrogen and oxygen atoms in total. The van der Waals surface area contributed by atoms with E-state index in [1.807, 2.05) is 24.3 Å². The van der Waals surface area contributed by atoms with Crippen molar-refractivity contribution >= 4 is 33.5 Å². The lowest BCUT2D eigenvalue weighted by Crippen LogP contribution is -2.22. The van der Waals surface area contributed by atoms with E-state index in [-0.39, 0.29) is 5.56 Å². The van der Waals surface area contributed by atoms with Crippen molar-refractivity contribution in [1.29, 1.82) is 0 Å². The number of fused-ring (bicyclic) bond motifs is 2. The number of hydrogen-bond donors (Lipinski definition) is 1. The maximum absolute atomic E-state index is 12.8. The second kappa shape index (κ2) is 5.87. The second-order valence-corrected chi connectivity index (χ2v) is 5.72. The van der Waals surface area contributed by atoms with Gasteiger partial charge in [0, 0.05) is 17.0 Å². The zero-order valence-corrected chi connectivity index (χ0v) is 13.4. The van der Waals surface area contributed by atoms with Crippen LogP contribution in [0.4, 0.5) is 5.69 Å². The number of nitrogens with zero attached hydrogens (tertiary/aromatic N) is 1. The van der Waals surface area contributed by atoms with E-state index < -0.39 is 11.5 Å². The highest BCUT2D eigenvalue weighted by molar-refractivity contribution is 6.10. The van der Waals surface area contributed by atoms with Gasteiger partial charge in [0.1, 0.15) is 11.1 Å². The van der Waals surface area contributed by atoms with E-state index >= 15 is 0 Å². The summed E-state index contributed by atoms with van der Waals surface area (Å²) in [5, 5.41) is 4.36. The highest BCUT2D eigenvalue weighted by atomic mass is 16.4. The van der Waals surface area contributed by atoms with Crippen LogP contribution >= 0.6 is 0 Å². The number of nitrogens with one attached hydrogen (secondary N) is 1. The first-order valence-electron chi connectivity index (χ1n) is 7.83. The molecule has 2 aromatic heterocycles. The first-order chi connectivity index (χ1) is 12.1. The van der Waals surface area contributed by atoms with Crippen LogP contribution in [0.5, 0.6) is 0 Å². The van der Waals surface area contributed by atoms with E-state index in [4.69, 9.17) is 4.42 Å². The van der Waals surface area contributed by atoms with Crippen molar-refractivity contribution in [2.45, 2.75) is 6.92 Å². The molecule has 0 bridgehead atoms. The monoisotopic (exact) mass is 330 g/mol. The first kappa shape index (κ1) is 15.1. The van der Waals surface area contributed by atoms with Gasteiger partial charge in [0.25, 0.3) is 5.91 Å². The summed E-state index contributed by atoms with van der Waals surface area (Å²) in [6.45, 7) is 1.75. The normalized spacial score (nSPS) is 10.9. The molecule has 0 fully saturated rings. The van der Waals surface area contributed by atoms with Crippen LogP contribution in [0.3, 0.4) is 0 Å². The minimum Gasteiger partial charge on any atom is -0.422 e. The van der Waals surface area contributed by atoms with Crippen LogP contribution in [0, 0.1) is 6.92 Å². The Morgan fingerprint density at radius 1 is 1.00 bits per heavy atom. The van der Waals surface area contributed by atoms with Gasteiger partial charge in [0.2, 0.25) is 0 Å². The maximum atomic E-state index is 12.8. The highest BCUT2D eigenvalue weighted by Crippen LogP contribution is 2.23. The Labute approximate surface area is 142 Å². The standard InChI is InChI=1S/C20H14N2O3/c1-12-13-6-2-3-10-17(13)25-20(24)18(12)19(23)22-16-9-4-8-15-14(16)7-5-11-21-15/h2-11H,1H3,(H,22,23). The van der Waals surface area contributed by atoms with Gasteiger partial charge < -0.3 is 9.73 Å². The molecule has 4 rings (SSSR count). The van der Waals surface area contributed by atoms with Crippen molar-refractivity contribution in [3.63, 3.8) is 0 Å². The fraction of sp³-hybridized carbons (Fsp3) is 0.0500. The molecular weight excluding hydrogens is 316 g/mol. The van der Waals surface area contributed by atoms with Crippen molar-refractivity contribution in [1.82, 2.24) is 4.98 Å². The Morgan fingerprint density at radius 2 is 1.80 bits per heavy atom. The molecule has 122 valence electrons. The summed E-state index contributed by atoms with van der Waals surface area (Å²) in [4.78, 5) is 29.3. The van der Waals surface area contributed by atoms with Crippen LogP contribution in [0.25, 0.3) is 21.9 Å². The number of amides is 1. The maximum Gasteiger partial charge on any atom is 0.349 e. The van der Waals surface area contributed by atoms with E-state index in [1.165, 1.54) is 0 Å². The van der Waals surface area contributed by atoms with Crippen molar-refractivity contribution in [2.75, 3.05) is 5.32 Å². The predicted molar refractivity (Wildman–Crippen MR) is 96.9 cm³/mol. The SMILES string of the molecule is Cc1c(C(=O)Nc2cccc3ncccc23)c(=O)oc2ccccc12. The lowest BCUT2D eigenvalue weighted by Gasteiger charge is -2.10. The quantitative estimate of drug-likeness (QED) is 0.566. The van der Waals surface area contributed by atoms with Crippen LogP contribution < -0.4 is 10.9 Å². The summed E-state index contributed by atoms with van der Waals surface area (Å²) in [5.41, 5.74) is 1.80. The van der Waals surface area contributed by atoms with Crippen molar-refractivity contribution in [2.24, 2.45) is 0 Å². The third-order valence-corrected chi connectivity index (χ3v) is 4.19. The van der Waals surface area contributed by atoms with Gasteiger partial charge in [-0.15, -0.1) is 0 Å². The lowest BCUT2D eigenvalue weighted by atomic mass is 10.1. The molecule has 0 spiro atoms. The zero-order chi connectivity index (χ0) is 17.4.